The van der Waals surface area contributed by atoms with Gasteiger partial charge in [-0.15, -0.1) is 0 Å². The van der Waals surface area contributed by atoms with Gasteiger partial charge in [-0.1, -0.05) is 45.4 Å². The van der Waals surface area contributed by atoms with Crippen molar-refractivity contribution in [3.8, 4) is 0 Å². The highest BCUT2D eigenvalue weighted by Gasteiger charge is 2.38. The summed E-state index contributed by atoms with van der Waals surface area (Å²) in [4.78, 5) is 0. The summed E-state index contributed by atoms with van der Waals surface area (Å²) in [6, 6.07) is 3.56. The first-order chi connectivity index (χ1) is 7.26. The zero-order valence-electron chi connectivity index (χ0n) is 10.4. The van der Waals surface area contributed by atoms with Gasteiger partial charge in [-0.25, -0.2) is 0 Å². The van der Waals surface area contributed by atoms with Crippen molar-refractivity contribution < 1.29 is 8.85 Å². The molecule has 0 aliphatic heterocycles. The third kappa shape index (κ3) is 3.89. The molecular weight excluding hydrogens is 204 g/mol. The van der Waals surface area contributed by atoms with Gasteiger partial charge in [0.1, 0.15) is 0 Å². The summed E-state index contributed by atoms with van der Waals surface area (Å²) >= 11 is 0. The van der Waals surface area contributed by atoms with Gasteiger partial charge in [0.2, 0.25) is 0 Å². The van der Waals surface area contributed by atoms with Gasteiger partial charge in [-0.2, -0.15) is 0 Å². The average Bonchev–Trinajstić information content (AvgIpc) is 2.77. The number of rotatable bonds is 7. The molecule has 3 heteroatoms. The first-order valence-electron chi connectivity index (χ1n) is 6.22. The van der Waals surface area contributed by atoms with Gasteiger partial charge >= 0.3 is 8.56 Å². The standard InChI is InChI=1S/C12H25O2Si/c1-4-5-10-15(13-2,14-3)11-12-8-6-7-9-12/h11-12H,4-10H2,1-3H3. The molecule has 0 aromatic carbocycles. The molecule has 0 spiro atoms. The molecule has 0 N–H and O–H groups in total. The second kappa shape index (κ2) is 6.66. The van der Waals surface area contributed by atoms with Crippen molar-refractivity contribution in [3.63, 3.8) is 0 Å². The molecule has 0 aromatic heterocycles. The quantitative estimate of drug-likeness (QED) is 0.623. The first-order valence-corrected chi connectivity index (χ1v) is 8.32. The Balaban J connectivity index is 2.45. The maximum Gasteiger partial charge on any atom is 0.341 e. The summed E-state index contributed by atoms with van der Waals surface area (Å²) in [5.41, 5.74) is 0. The molecule has 1 saturated carbocycles. The van der Waals surface area contributed by atoms with E-state index < -0.39 is 8.56 Å². The monoisotopic (exact) mass is 229 g/mol. The van der Waals surface area contributed by atoms with Gasteiger partial charge in [-0.3, -0.25) is 0 Å². The van der Waals surface area contributed by atoms with Crippen LogP contribution < -0.4 is 0 Å². The van der Waals surface area contributed by atoms with Gasteiger partial charge in [0.25, 0.3) is 0 Å². The highest BCUT2D eigenvalue weighted by Crippen LogP contribution is 2.33. The van der Waals surface area contributed by atoms with E-state index in [1.165, 1.54) is 38.5 Å². The Hall–Kier alpha value is 0.137. The van der Waals surface area contributed by atoms with E-state index >= 15 is 0 Å². The first kappa shape index (κ1) is 13.2. The van der Waals surface area contributed by atoms with Crippen LogP contribution in [0.3, 0.4) is 0 Å². The number of hydrogen-bond acceptors (Lipinski definition) is 2. The lowest BCUT2D eigenvalue weighted by molar-refractivity contribution is 0.244. The van der Waals surface area contributed by atoms with Crippen LogP contribution in [0.2, 0.25) is 6.04 Å². The fourth-order valence-corrected chi connectivity index (χ4v) is 5.32. The van der Waals surface area contributed by atoms with Crippen molar-refractivity contribution in [1.29, 1.82) is 0 Å². The van der Waals surface area contributed by atoms with Crippen LogP contribution in [-0.4, -0.2) is 22.8 Å². The van der Waals surface area contributed by atoms with Gasteiger partial charge in [0.05, 0.1) is 0 Å². The summed E-state index contributed by atoms with van der Waals surface area (Å²) < 4.78 is 11.4. The molecule has 0 heterocycles. The van der Waals surface area contributed by atoms with Gasteiger partial charge in [0.15, 0.2) is 0 Å². The Morgan fingerprint density at radius 3 is 2.27 bits per heavy atom. The Labute approximate surface area is 95.6 Å². The van der Waals surface area contributed by atoms with Crippen molar-refractivity contribution in [3.05, 3.63) is 6.04 Å². The molecule has 0 unspecified atom stereocenters. The molecule has 1 fully saturated rings. The van der Waals surface area contributed by atoms with E-state index in [9.17, 15) is 0 Å². The minimum absolute atomic E-state index is 0.758. The molecule has 1 rings (SSSR count). The average molecular weight is 229 g/mol. The smallest absolute Gasteiger partial charge is 0.341 e. The highest BCUT2D eigenvalue weighted by atomic mass is 28.4. The van der Waals surface area contributed by atoms with E-state index in [-0.39, 0.29) is 0 Å². The lowest BCUT2D eigenvalue weighted by atomic mass is 10.1. The van der Waals surface area contributed by atoms with Gasteiger partial charge < -0.3 is 8.85 Å². The van der Waals surface area contributed by atoms with Crippen LogP contribution in [-0.2, 0) is 8.85 Å². The minimum Gasteiger partial charge on any atom is -0.397 e. The van der Waals surface area contributed by atoms with E-state index in [2.05, 4.69) is 13.0 Å². The summed E-state index contributed by atoms with van der Waals surface area (Å²) in [7, 11) is 1.68. The van der Waals surface area contributed by atoms with Crippen molar-refractivity contribution in [2.75, 3.05) is 14.2 Å². The predicted octanol–water partition coefficient (Wildman–Crippen LogP) is 3.46. The lowest BCUT2D eigenvalue weighted by Crippen LogP contribution is -2.43. The fourth-order valence-electron chi connectivity index (χ4n) is 2.41. The molecule has 89 valence electrons. The second-order valence-electron chi connectivity index (χ2n) is 4.53. The molecule has 0 aromatic rings. The summed E-state index contributed by atoms with van der Waals surface area (Å²) in [5, 5.41) is 0. The van der Waals surface area contributed by atoms with Crippen LogP contribution in [0.4, 0.5) is 0 Å². The molecular formula is C12H25O2Si. The molecule has 2 nitrogen and oxygen atoms in total. The van der Waals surface area contributed by atoms with Crippen LogP contribution in [0.15, 0.2) is 0 Å². The Kier molecular flexibility index (Phi) is 5.86. The zero-order valence-corrected chi connectivity index (χ0v) is 11.4. The molecule has 0 atom stereocenters. The summed E-state index contributed by atoms with van der Waals surface area (Å²) in [6.07, 6.45) is 7.89. The van der Waals surface area contributed by atoms with E-state index in [1.807, 2.05) is 14.2 Å². The van der Waals surface area contributed by atoms with Crippen LogP contribution >= 0.6 is 0 Å². The molecule has 0 saturated heterocycles. The van der Waals surface area contributed by atoms with Crippen molar-refractivity contribution in [2.45, 2.75) is 51.5 Å². The normalized spacial score (nSPS) is 18.6. The maximum atomic E-state index is 5.71. The number of unbranched alkanes of at least 4 members (excludes halogenated alkanes) is 1. The van der Waals surface area contributed by atoms with Crippen LogP contribution in [0.25, 0.3) is 0 Å². The topological polar surface area (TPSA) is 18.5 Å². The van der Waals surface area contributed by atoms with Gasteiger partial charge in [-0.05, 0) is 12.0 Å². The van der Waals surface area contributed by atoms with E-state index in [1.54, 1.807) is 0 Å². The third-order valence-corrected chi connectivity index (χ3v) is 6.87. The van der Waals surface area contributed by atoms with Crippen molar-refractivity contribution in [2.24, 2.45) is 5.92 Å². The molecule has 0 bridgehead atoms. The van der Waals surface area contributed by atoms with Crippen LogP contribution in [0, 0.1) is 12.0 Å². The molecule has 0 amide bonds. The van der Waals surface area contributed by atoms with E-state index in [0.29, 0.717) is 0 Å². The van der Waals surface area contributed by atoms with Gasteiger partial charge in [0, 0.05) is 20.3 Å². The Morgan fingerprint density at radius 1 is 1.20 bits per heavy atom. The van der Waals surface area contributed by atoms with Crippen molar-refractivity contribution in [1.82, 2.24) is 0 Å². The fraction of sp³-hybridized carbons (Fsp3) is 0.917. The molecule has 15 heavy (non-hydrogen) atoms. The minimum atomic E-state index is -1.95. The summed E-state index contributed by atoms with van der Waals surface area (Å²) in [5.74, 6) is 0.758. The maximum absolute atomic E-state index is 5.71. The second-order valence-corrected chi connectivity index (χ2v) is 7.81. The highest BCUT2D eigenvalue weighted by molar-refractivity contribution is 6.71. The molecule has 1 aliphatic carbocycles. The van der Waals surface area contributed by atoms with Crippen LogP contribution in [0.1, 0.15) is 45.4 Å². The molecule has 1 aliphatic rings. The SMILES string of the molecule is CCCC[Si]([CH]C1CCCC1)(OC)OC. The number of hydrogen-bond donors (Lipinski definition) is 0. The molecule has 1 radical (unpaired) electrons. The lowest BCUT2D eigenvalue weighted by Gasteiger charge is -2.29. The third-order valence-electron chi connectivity index (χ3n) is 3.46. The Morgan fingerprint density at radius 2 is 1.80 bits per heavy atom. The van der Waals surface area contributed by atoms with E-state index in [0.717, 1.165) is 12.0 Å². The summed E-state index contributed by atoms with van der Waals surface area (Å²) in [6.45, 7) is 2.22. The van der Waals surface area contributed by atoms with E-state index in [4.69, 9.17) is 8.85 Å². The largest absolute Gasteiger partial charge is 0.397 e. The zero-order chi connectivity index (χ0) is 11.1. The Bertz CT molecular complexity index is 163. The predicted molar refractivity (Wildman–Crippen MR) is 65.7 cm³/mol. The van der Waals surface area contributed by atoms with Crippen molar-refractivity contribution >= 4 is 8.56 Å². The van der Waals surface area contributed by atoms with Crippen LogP contribution in [0.5, 0.6) is 0 Å².